The van der Waals surface area contributed by atoms with Crippen LogP contribution in [0.1, 0.15) is 76.8 Å². The molecule has 158 valence electrons. The molecule has 0 aliphatic rings. The topological polar surface area (TPSA) is 24.1 Å². The second-order valence-electron chi connectivity index (χ2n) is 7.33. The third-order valence-corrected chi connectivity index (χ3v) is 4.75. The summed E-state index contributed by atoms with van der Waals surface area (Å²) in [5.41, 5.74) is 3.59. The van der Waals surface area contributed by atoms with Crippen molar-refractivity contribution in [3.8, 4) is 0 Å². The third-order valence-electron chi connectivity index (χ3n) is 4.45. The molecule has 2 nitrogen and oxygen atoms in total. The van der Waals surface area contributed by atoms with Crippen LogP contribution in [0.5, 0.6) is 0 Å². The summed E-state index contributed by atoms with van der Waals surface area (Å²) in [6, 6.07) is 18.8. The minimum atomic E-state index is 0.718. The molecule has 3 heteroatoms. The molecule has 0 amide bonds. The Hall–Kier alpha value is -2.13. The number of thiocarbonyl (C=S) groups is 1. The van der Waals surface area contributed by atoms with Crippen LogP contribution < -0.4 is 10.6 Å². The quantitative estimate of drug-likeness (QED) is 0.291. The molecule has 2 N–H and O–H groups in total. The van der Waals surface area contributed by atoms with Crippen molar-refractivity contribution in [2.45, 2.75) is 72.1 Å². The van der Waals surface area contributed by atoms with E-state index in [-0.39, 0.29) is 0 Å². The third kappa shape index (κ3) is 12.1. The summed E-state index contributed by atoms with van der Waals surface area (Å²) in [4.78, 5) is 0.820. The number of anilines is 1. The van der Waals surface area contributed by atoms with E-state index >= 15 is 0 Å². The van der Waals surface area contributed by atoms with Gasteiger partial charge in [-0.15, -0.1) is 0 Å². The first-order valence-electron chi connectivity index (χ1n) is 11.0. The predicted molar refractivity (Wildman–Crippen MR) is 134 cm³/mol. The molecule has 0 radical (unpaired) electrons. The van der Waals surface area contributed by atoms with E-state index < -0.39 is 0 Å². The Morgan fingerprint density at radius 1 is 0.828 bits per heavy atom. The van der Waals surface area contributed by atoms with Crippen molar-refractivity contribution in [2.24, 2.45) is 0 Å². The Morgan fingerprint density at radius 2 is 1.48 bits per heavy atom. The van der Waals surface area contributed by atoms with Crippen LogP contribution in [-0.2, 0) is 6.42 Å². The first-order valence-corrected chi connectivity index (χ1v) is 11.4. The van der Waals surface area contributed by atoms with E-state index in [1.54, 1.807) is 0 Å². The maximum absolute atomic E-state index is 5.25. The summed E-state index contributed by atoms with van der Waals surface area (Å²) < 4.78 is 0. The number of nitrogens with one attached hydrogen (secondary N) is 2. The van der Waals surface area contributed by atoms with Crippen molar-refractivity contribution < 1.29 is 0 Å². The Labute approximate surface area is 183 Å². The van der Waals surface area contributed by atoms with Crippen molar-refractivity contribution in [1.29, 1.82) is 0 Å². The molecule has 0 aliphatic carbocycles. The first-order chi connectivity index (χ1) is 14.1. The van der Waals surface area contributed by atoms with Gasteiger partial charge >= 0.3 is 0 Å². The maximum Gasteiger partial charge on any atom is 0.101 e. The number of hydrogen-bond donors (Lipinski definition) is 2. The normalized spacial score (nSPS) is 9.90. The van der Waals surface area contributed by atoms with Crippen LogP contribution in [0.25, 0.3) is 0 Å². The lowest BCUT2D eigenvalue weighted by atomic mass is 10.0. The Balaban J connectivity index is 0.000000516. The summed E-state index contributed by atoms with van der Waals surface area (Å²) >= 11 is 5.25. The van der Waals surface area contributed by atoms with Gasteiger partial charge in [0, 0.05) is 5.69 Å². The average molecular weight is 411 g/mol. The van der Waals surface area contributed by atoms with Crippen LogP contribution >= 0.6 is 12.2 Å². The fourth-order valence-corrected chi connectivity index (χ4v) is 3.26. The minimum Gasteiger partial charge on any atom is -0.342 e. The standard InChI is InChI=1S/C19H22N2S.C7H16/c1-3-8-19(22)21-15(2)20-18-12-7-11-17(14-18)13-16-9-5-4-6-10-16;1-3-5-7-6-4-2/h4-7,9-12,14,20H,2-3,8,13H2,1H3,(H,21,22);3-7H2,1-2H3. The van der Waals surface area contributed by atoms with Crippen LogP contribution in [0, 0.1) is 0 Å². The van der Waals surface area contributed by atoms with E-state index in [1.165, 1.54) is 43.2 Å². The second kappa shape index (κ2) is 15.8. The van der Waals surface area contributed by atoms with E-state index in [0.717, 1.165) is 35.8 Å². The van der Waals surface area contributed by atoms with Crippen LogP contribution in [0.15, 0.2) is 67.0 Å². The smallest absolute Gasteiger partial charge is 0.101 e. The van der Waals surface area contributed by atoms with E-state index in [0.29, 0.717) is 0 Å². The molecule has 0 spiro atoms. The number of hydrogen-bond acceptors (Lipinski definition) is 2. The Kier molecular flexibility index (Phi) is 13.5. The zero-order chi connectivity index (χ0) is 21.3. The summed E-state index contributed by atoms with van der Waals surface area (Å²) in [5, 5.41) is 6.39. The molecule has 0 unspecified atom stereocenters. The molecular formula is C26H38N2S. The molecule has 2 rings (SSSR count). The fraction of sp³-hybridized carbons (Fsp3) is 0.423. The number of unbranched alkanes of at least 4 members (excludes halogenated alkanes) is 4. The van der Waals surface area contributed by atoms with Gasteiger partial charge in [-0.2, -0.15) is 0 Å². The van der Waals surface area contributed by atoms with Gasteiger partial charge in [-0.3, -0.25) is 0 Å². The number of rotatable bonds is 11. The van der Waals surface area contributed by atoms with Gasteiger partial charge in [-0.25, -0.2) is 0 Å². The zero-order valence-corrected chi connectivity index (χ0v) is 19.3. The molecule has 0 heterocycles. The molecule has 2 aromatic carbocycles. The highest BCUT2D eigenvalue weighted by Gasteiger charge is 2.01. The molecular weight excluding hydrogens is 372 g/mol. The Bertz CT molecular complexity index is 706. The van der Waals surface area contributed by atoms with Crippen molar-refractivity contribution in [3.05, 3.63) is 78.1 Å². The van der Waals surface area contributed by atoms with Gasteiger partial charge in [0.1, 0.15) is 5.82 Å². The summed E-state index contributed by atoms with van der Waals surface area (Å²) in [7, 11) is 0. The van der Waals surface area contributed by atoms with Gasteiger partial charge in [0.2, 0.25) is 0 Å². The molecule has 0 atom stereocenters. The average Bonchev–Trinajstić information content (AvgIpc) is 2.70. The van der Waals surface area contributed by atoms with Gasteiger partial charge in [0.05, 0.1) is 4.99 Å². The molecule has 0 aliphatic heterocycles. The van der Waals surface area contributed by atoms with Crippen molar-refractivity contribution >= 4 is 22.9 Å². The lowest BCUT2D eigenvalue weighted by Gasteiger charge is -2.13. The van der Waals surface area contributed by atoms with Gasteiger partial charge in [-0.1, -0.05) is 114 Å². The Morgan fingerprint density at radius 3 is 2.10 bits per heavy atom. The highest BCUT2D eigenvalue weighted by atomic mass is 32.1. The van der Waals surface area contributed by atoms with Crippen LogP contribution in [0.3, 0.4) is 0 Å². The van der Waals surface area contributed by atoms with Gasteiger partial charge < -0.3 is 10.6 Å². The van der Waals surface area contributed by atoms with E-state index in [9.17, 15) is 0 Å². The lowest BCUT2D eigenvalue weighted by Crippen LogP contribution is -2.24. The van der Waals surface area contributed by atoms with Gasteiger partial charge in [-0.05, 0) is 42.5 Å². The molecule has 29 heavy (non-hydrogen) atoms. The summed E-state index contributed by atoms with van der Waals surface area (Å²) in [6.45, 7) is 10.6. The molecule has 0 aromatic heterocycles. The van der Waals surface area contributed by atoms with Crippen LogP contribution in [0.4, 0.5) is 5.69 Å². The van der Waals surface area contributed by atoms with Crippen molar-refractivity contribution in [3.63, 3.8) is 0 Å². The van der Waals surface area contributed by atoms with E-state index in [4.69, 9.17) is 12.2 Å². The largest absolute Gasteiger partial charge is 0.342 e. The molecule has 0 saturated carbocycles. The SMILES string of the molecule is C=C(NC(=S)CCC)Nc1cccc(Cc2ccccc2)c1.CCCCCCC. The molecule has 0 bridgehead atoms. The second-order valence-corrected chi connectivity index (χ2v) is 7.82. The predicted octanol–water partition coefficient (Wildman–Crippen LogP) is 7.85. The van der Waals surface area contributed by atoms with Gasteiger partial charge in [0.15, 0.2) is 0 Å². The minimum absolute atomic E-state index is 0.718. The zero-order valence-electron chi connectivity index (χ0n) is 18.5. The van der Waals surface area contributed by atoms with Crippen LogP contribution in [0.2, 0.25) is 0 Å². The molecule has 0 saturated heterocycles. The summed E-state index contributed by atoms with van der Waals surface area (Å²) in [5.74, 6) is 0.718. The summed E-state index contributed by atoms with van der Waals surface area (Å²) in [6.07, 6.45) is 9.84. The highest BCUT2D eigenvalue weighted by molar-refractivity contribution is 7.80. The molecule has 2 aromatic rings. The van der Waals surface area contributed by atoms with E-state index in [1.807, 2.05) is 12.1 Å². The monoisotopic (exact) mass is 410 g/mol. The maximum atomic E-state index is 5.25. The lowest BCUT2D eigenvalue weighted by molar-refractivity contribution is 0.656. The van der Waals surface area contributed by atoms with Crippen molar-refractivity contribution in [2.75, 3.05) is 5.32 Å². The highest BCUT2D eigenvalue weighted by Crippen LogP contribution is 2.15. The van der Waals surface area contributed by atoms with Crippen LogP contribution in [-0.4, -0.2) is 4.99 Å². The molecule has 0 fully saturated rings. The van der Waals surface area contributed by atoms with Gasteiger partial charge in [0.25, 0.3) is 0 Å². The van der Waals surface area contributed by atoms with Crippen molar-refractivity contribution in [1.82, 2.24) is 5.32 Å². The number of benzene rings is 2. The first kappa shape index (κ1) is 24.9. The fourth-order valence-electron chi connectivity index (χ4n) is 2.93. The van der Waals surface area contributed by atoms with E-state index in [2.05, 4.69) is 80.4 Å².